The van der Waals surface area contributed by atoms with Gasteiger partial charge in [0, 0.05) is 9.26 Å². The number of hydrogen-bond donors (Lipinski definition) is 1. The fourth-order valence-electron chi connectivity index (χ4n) is 2.21. The third-order valence-corrected chi connectivity index (χ3v) is 4.26. The minimum absolute atomic E-state index is 0.313. The van der Waals surface area contributed by atoms with Gasteiger partial charge in [-0.1, -0.05) is 30.3 Å². The second-order valence-electron chi connectivity index (χ2n) is 5.06. The van der Waals surface area contributed by atoms with Gasteiger partial charge < -0.3 is 10.1 Å². The summed E-state index contributed by atoms with van der Waals surface area (Å²) in [4.78, 5) is 12.3. The predicted octanol–water partition coefficient (Wildman–Crippen LogP) is 4.10. The molecule has 1 atom stereocenters. The van der Waals surface area contributed by atoms with E-state index in [0.29, 0.717) is 0 Å². The number of hydrogen-bond acceptors (Lipinski definition) is 3. The summed E-state index contributed by atoms with van der Waals surface area (Å²) in [5.74, 6) is -0.313. The SMILES string of the molecule is COC(=O)C(C)(Nc1ccccc1C)c1ccc(I)cc1. The van der Waals surface area contributed by atoms with E-state index in [9.17, 15) is 4.79 Å². The molecule has 0 fully saturated rings. The Hall–Kier alpha value is -1.56. The lowest BCUT2D eigenvalue weighted by Crippen LogP contribution is -2.41. The van der Waals surface area contributed by atoms with Crippen LogP contribution in [0.5, 0.6) is 0 Å². The molecule has 2 aromatic carbocycles. The molecule has 3 nitrogen and oxygen atoms in total. The summed E-state index contributed by atoms with van der Waals surface area (Å²) in [7, 11) is 1.41. The number of halogens is 1. The maximum absolute atomic E-state index is 12.3. The summed E-state index contributed by atoms with van der Waals surface area (Å²) in [5.41, 5.74) is 1.95. The van der Waals surface area contributed by atoms with Crippen molar-refractivity contribution >= 4 is 34.2 Å². The standard InChI is InChI=1S/C17H18INO2/c1-12-6-4-5-7-15(12)19-17(2,16(20)21-3)13-8-10-14(18)11-9-13/h4-11,19H,1-3H3. The van der Waals surface area contributed by atoms with Gasteiger partial charge in [-0.15, -0.1) is 0 Å². The van der Waals surface area contributed by atoms with Crippen molar-refractivity contribution < 1.29 is 9.53 Å². The third kappa shape index (κ3) is 3.37. The van der Waals surface area contributed by atoms with Crippen LogP contribution in [0, 0.1) is 10.5 Å². The molecule has 0 aliphatic heterocycles. The smallest absolute Gasteiger partial charge is 0.335 e. The minimum Gasteiger partial charge on any atom is -0.467 e. The molecule has 0 aliphatic carbocycles. The number of methoxy groups -OCH3 is 1. The highest BCUT2D eigenvalue weighted by Gasteiger charge is 2.36. The number of para-hydroxylation sites is 1. The van der Waals surface area contributed by atoms with Crippen molar-refractivity contribution in [3.05, 3.63) is 63.2 Å². The van der Waals surface area contributed by atoms with Gasteiger partial charge in [0.1, 0.15) is 0 Å². The molecule has 0 bridgehead atoms. The number of esters is 1. The van der Waals surface area contributed by atoms with Crippen molar-refractivity contribution in [1.82, 2.24) is 0 Å². The molecule has 0 spiro atoms. The number of nitrogens with one attached hydrogen (secondary N) is 1. The molecular formula is C17H18INO2. The van der Waals surface area contributed by atoms with Gasteiger partial charge in [-0.05, 0) is 65.8 Å². The topological polar surface area (TPSA) is 38.3 Å². The maximum Gasteiger partial charge on any atom is 0.335 e. The van der Waals surface area contributed by atoms with E-state index >= 15 is 0 Å². The molecule has 0 saturated heterocycles. The van der Waals surface area contributed by atoms with Crippen LogP contribution in [0.1, 0.15) is 18.1 Å². The zero-order valence-electron chi connectivity index (χ0n) is 12.3. The average molecular weight is 395 g/mol. The Bertz CT molecular complexity index is 639. The second-order valence-corrected chi connectivity index (χ2v) is 6.31. The predicted molar refractivity (Wildman–Crippen MR) is 93.3 cm³/mol. The number of ether oxygens (including phenoxy) is 1. The van der Waals surface area contributed by atoms with Gasteiger partial charge in [-0.3, -0.25) is 0 Å². The highest BCUT2D eigenvalue weighted by Crippen LogP contribution is 2.29. The summed E-state index contributed by atoms with van der Waals surface area (Å²) >= 11 is 2.24. The lowest BCUT2D eigenvalue weighted by atomic mass is 9.91. The van der Waals surface area contributed by atoms with Crippen molar-refractivity contribution in [3.63, 3.8) is 0 Å². The highest BCUT2D eigenvalue weighted by molar-refractivity contribution is 14.1. The highest BCUT2D eigenvalue weighted by atomic mass is 127. The summed E-state index contributed by atoms with van der Waals surface area (Å²) in [6.07, 6.45) is 0. The molecule has 0 radical (unpaired) electrons. The maximum atomic E-state index is 12.3. The number of carbonyl (C=O) groups is 1. The number of rotatable bonds is 4. The van der Waals surface area contributed by atoms with E-state index in [-0.39, 0.29) is 5.97 Å². The van der Waals surface area contributed by atoms with Crippen molar-refractivity contribution in [2.24, 2.45) is 0 Å². The van der Waals surface area contributed by atoms with Crippen molar-refractivity contribution in [3.8, 4) is 0 Å². The molecule has 1 unspecified atom stereocenters. The molecule has 0 amide bonds. The van der Waals surface area contributed by atoms with E-state index in [1.807, 2.05) is 62.4 Å². The quantitative estimate of drug-likeness (QED) is 0.626. The van der Waals surface area contributed by atoms with Crippen LogP contribution < -0.4 is 5.32 Å². The Morgan fingerprint density at radius 2 is 1.76 bits per heavy atom. The fourth-order valence-corrected chi connectivity index (χ4v) is 2.57. The van der Waals surface area contributed by atoms with Crippen molar-refractivity contribution in [2.45, 2.75) is 19.4 Å². The van der Waals surface area contributed by atoms with Gasteiger partial charge in [0.2, 0.25) is 0 Å². The number of benzene rings is 2. The van der Waals surface area contributed by atoms with E-state index < -0.39 is 5.54 Å². The Balaban J connectivity index is 2.45. The number of aryl methyl sites for hydroxylation is 1. The Morgan fingerprint density at radius 3 is 2.33 bits per heavy atom. The van der Waals surface area contributed by atoms with E-state index in [4.69, 9.17) is 4.74 Å². The first-order valence-electron chi connectivity index (χ1n) is 6.65. The largest absolute Gasteiger partial charge is 0.467 e. The summed E-state index contributed by atoms with van der Waals surface area (Å²) in [6, 6.07) is 15.8. The first-order chi connectivity index (χ1) is 9.97. The van der Waals surface area contributed by atoms with Gasteiger partial charge >= 0.3 is 5.97 Å². The zero-order chi connectivity index (χ0) is 15.5. The molecule has 21 heavy (non-hydrogen) atoms. The molecule has 0 aliphatic rings. The van der Waals surface area contributed by atoms with Crippen molar-refractivity contribution in [1.29, 1.82) is 0 Å². The first-order valence-corrected chi connectivity index (χ1v) is 7.73. The minimum atomic E-state index is -0.925. The summed E-state index contributed by atoms with van der Waals surface area (Å²) in [6.45, 7) is 3.85. The third-order valence-electron chi connectivity index (χ3n) is 3.54. The number of carbonyl (C=O) groups excluding carboxylic acids is 1. The van der Waals surface area contributed by atoms with E-state index in [2.05, 4.69) is 27.9 Å². The van der Waals surface area contributed by atoms with Crippen LogP contribution in [-0.4, -0.2) is 13.1 Å². The van der Waals surface area contributed by atoms with Crippen LogP contribution in [0.3, 0.4) is 0 Å². The van der Waals surface area contributed by atoms with Gasteiger partial charge in [0.05, 0.1) is 7.11 Å². The van der Waals surface area contributed by atoms with E-state index in [1.165, 1.54) is 7.11 Å². The molecule has 4 heteroatoms. The molecule has 1 N–H and O–H groups in total. The summed E-state index contributed by atoms with van der Waals surface area (Å²) < 4.78 is 6.13. The van der Waals surface area contributed by atoms with Gasteiger partial charge in [-0.2, -0.15) is 0 Å². The molecular weight excluding hydrogens is 377 g/mol. The first kappa shape index (κ1) is 15.8. The van der Waals surface area contributed by atoms with Gasteiger partial charge in [0.25, 0.3) is 0 Å². The molecule has 0 saturated carbocycles. The van der Waals surface area contributed by atoms with Gasteiger partial charge in [0.15, 0.2) is 5.54 Å². The Kier molecular flexibility index (Phi) is 4.88. The van der Waals surface area contributed by atoms with Crippen LogP contribution in [0.15, 0.2) is 48.5 Å². The fraction of sp³-hybridized carbons (Fsp3) is 0.235. The number of anilines is 1. The van der Waals surface area contributed by atoms with Crippen LogP contribution in [-0.2, 0) is 15.1 Å². The monoisotopic (exact) mass is 395 g/mol. The lowest BCUT2D eigenvalue weighted by molar-refractivity contribution is -0.145. The molecule has 2 aromatic rings. The van der Waals surface area contributed by atoms with Crippen LogP contribution >= 0.6 is 22.6 Å². The van der Waals surface area contributed by atoms with Gasteiger partial charge in [-0.25, -0.2) is 4.79 Å². The lowest BCUT2D eigenvalue weighted by Gasteiger charge is -2.30. The Labute approximate surface area is 138 Å². The average Bonchev–Trinajstić information content (AvgIpc) is 2.49. The van der Waals surface area contributed by atoms with Crippen LogP contribution in [0.4, 0.5) is 5.69 Å². The van der Waals surface area contributed by atoms with Crippen LogP contribution in [0.2, 0.25) is 0 Å². The van der Waals surface area contributed by atoms with E-state index in [1.54, 1.807) is 0 Å². The molecule has 0 heterocycles. The molecule has 2 rings (SSSR count). The normalized spacial score (nSPS) is 13.3. The molecule has 0 aromatic heterocycles. The molecule has 110 valence electrons. The Morgan fingerprint density at radius 1 is 1.14 bits per heavy atom. The zero-order valence-corrected chi connectivity index (χ0v) is 14.5. The van der Waals surface area contributed by atoms with Crippen LogP contribution in [0.25, 0.3) is 0 Å². The second kappa shape index (κ2) is 6.47. The van der Waals surface area contributed by atoms with Crippen molar-refractivity contribution in [2.75, 3.05) is 12.4 Å². The summed E-state index contributed by atoms with van der Waals surface area (Å²) in [5, 5.41) is 3.33. The van der Waals surface area contributed by atoms with E-state index in [0.717, 1.165) is 20.4 Å².